The number of hydrogen-bond acceptors (Lipinski definition) is 3. The Morgan fingerprint density at radius 2 is 1.92 bits per heavy atom. The van der Waals surface area contributed by atoms with E-state index in [9.17, 15) is 4.79 Å². The molecule has 2 bridgehead atoms. The maximum Gasteiger partial charge on any atom is 0.407 e. The van der Waals surface area contributed by atoms with Crippen LogP contribution in [-0.2, 0) is 17.6 Å². The first-order valence-electron chi connectivity index (χ1n) is 9.24. The maximum absolute atomic E-state index is 12.2. The molecule has 3 atom stereocenters. The Morgan fingerprint density at radius 1 is 1.24 bits per heavy atom. The first-order chi connectivity index (χ1) is 11.9. The fourth-order valence-electron chi connectivity index (χ4n) is 4.20. The number of alkyl carbamates (subject to hydrolysis) is 1. The lowest BCUT2D eigenvalue weighted by atomic mass is 9.92. The SMILES string of the molecule is CC(C)(C)OC(=O)NC1C2CCC1Cc1cc(C=CCO)ccc1C2. The van der Waals surface area contributed by atoms with E-state index in [4.69, 9.17) is 9.84 Å². The Balaban J connectivity index is 1.74. The van der Waals surface area contributed by atoms with Crippen molar-refractivity contribution in [2.45, 2.75) is 58.1 Å². The number of carbonyl (C=O) groups excluding carboxylic acids is 1. The van der Waals surface area contributed by atoms with Crippen molar-refractivity contribution in [2.24, 2.45) is 11.8 Å². The zero-order valence-corrected chi connectivity index (χ0v) is 15.4. The Kier molecular flexibility index (Phi) is 5.19. The van der Waals surface area contributed by atoms with Crippen LogP contribution in [0.1, 0.15) is 50.3 Å². The molecule has 1 amide bonds. The van der Waals surface area contributed by atoms with Crippen molar-refractivity contribution >= 4 is 12.2 Å². The molecule has 3 unspecified atom stereocenters. The molecule has 0 spiro atoms. The number of aliphatic hydroxyl groups is 1. The van der Waals surface area contributed by atoms with Crippen LogP contribution in [0.2, 0.25) is 0 Å². The Hall–Kier alpha value is -1.81. The summed E-state index contributed by atoms with van der Waals surface area (Å²) in [4.78, 5) is 12.2. The molecule has 2 aliphatic rings. The highest BCUT2D eigenvalue weighted by Crippen LogP contribution is 2.40. The predicted molar refractivity (Wildman–Crippen MR) is 99.3 cm³/mol. The van der Waals surface area contributed by atoms with Gasteiger partial charge in [-0.15, -0.1) is 0 Å². The molecule has 2 N–H and O–H groups in total. The van der Waals surface area contributed by atoms with E-state index in [2.05, 4.69) is 23.5 Å². The molecule has 1 aromatic rings. The zero-order valence-electron chi connectivity index (χ0n) is 15.4. The minimum Gasteiger partial charge on any atom is -0.444 e. The Bertz CT molecular complexity index is 660. The van der Waals surface area contributed by atoms with Gasteiger partial charge in [-0.2, -0.15) is 0 Å². The van der Waals surface area contributed by atoms with Gasteiger partial charge in [0.2, 0.25) is 0 Å². The lowest BCUT2D eigenvalue weighted by molar-refractivity contribution is 0.0479. The van der Waals surface area contributed by atoms with Crippen molar-refractivity contribution < 1.29 is 14.6 Å². The van der Waals surface area contributed by atoms with Gasteiger partial charge in [-0.1, -0.05) is 30.4 Å². The molecule has 4 nitrogen and oxygen atoms in total. The van der Waals surface area contributed by atoms with Gasteiger partial charge in [0, 0.05) is 6.04 Å². The lowest BCUT2D eigenvalue weighted by Crippen LogP contribution is -2.44. The van der Waals surface area contributed by atoms with Crippen molar-refractivity contribution in [3.63, 3.8) is 0 Å². The van der Waals surface area contributed by atoms with E-state index in [0.29, 0.717) is 11.8 Å². The third-order valence-corrected chi connectivity index (χ3v) is 5.22. The van der Waals surface area contributed by atoms with Crippen LogP contribution in [0.4, 0.5) is 4.79 Å². The summed E-state index contributed by atoms with van der Waals surface area (Å²) < 4.78 is 5.46. The second kappa shape index (κ2) is 7.20. The van der Waals surface area contributed by atoms with Crippen LogP contribution in [0.15, 0.2) is 24.3 Å². The molecule has 2 aliphatic carbocycles. The van der Waals surface area contributed by atoms with Gasteiger partial charge >= 0.3 is 6.09 Å². The molecule has 1 fully saturated rings. The average molecular weight is 343 g/mol. The molecular weight excluding hydrogens is 314 g/mol. The van der Waals surface area contributed by atoms with Crippen molar-refractivity contribution in [1.82, 2.24) is 5.32 Å². The van der Waals surface area contributed by atoms with Crippen LogP contribution in [0.3, 0.4) is 0 Å². The van der Waals surface area contributed by atoms with E-state index >= 15 is 0 Å². The number of benzene rings is 1. The first kappa shape index (κ1) is 18.0. The average Bonchev–Trinajstić information content (AvgIpc) is 2.78. The third-order valence-electron chi connectivity index (χ3n) is 5.22. The largest absolute Gasteiger partial charge is 0.444 e. The highest BCUT2D eigenvalue weighted by molar-refractivity contribution is 5.68. The Morgan fingerprint density at radius 3 is 2.56 bits per heavy atom. The lowest BCUT2D eigenvalue weighted by Gasteiger charge is -2.26. The van der Waals surface area contributed by atoms with E-state index in [0.717, 1.165) is 31.2 Å². The number of fused-ring (bicyclic) bond motifs is 3. The summed E-state index contributed by atoms with van der Waals surface area (Å²) in [6.45, 7) is 5.74. The molecule has 0 saturated heterocycles. The summed E-state index contributed by atoms with van der Waals surface area (Å²) in [6.07, 6.45) is 7.74. The van der Waals surface area contributed by atoms with Crippen molar-refractivity contribution in [2.75, 3.05) is 6.61 Å². The van der Waals surface area contributed by atoms with Gasteiger partial charge in [-0.05, 0) is 75.0 Å². The standard InChI is InChI=1S/C21H29NO3/c1-21(2,3)25-20(24)22-19-16-8-9-17(19)13-18-11-14(5-4-10-23)6-7-15(18)12-16/h4-7,11,16-17,19,23H,8-10,12-13H2,1-3H3,(H,22,24). The van der Waals surface area contributed by atoms with E-state index in [1.165, 1.54) is 11.1 Å². The second-order valence-corrected chi connectivity index (χ2v) is 8.29. The summed E-state index contributed by atoms with van der Waals surface area (Å²) in [6, 6.07) is 6.74. The van der Waals surface area contributed by atoms with Crippen LogP contribution in [0.5, 0.6) is 0 Å². The van der Waals surface area contributed by atoms with Crippen molar-refractivity contribution in [1.29, 1.82) is 0 Å². The molecule has 3 rings (SSSR count). The number of hydrogen-bond donors (Lipinski definition) is 2. The number of rotatable bonds is 3. The number of aliphatic hydroxyl groups excluding tert-OH is 1. The molecule has 1 aromatic carbocycles. The van der Waals surface area contributed by atoms with E-state index in [1.54, 1.807) is 6.08 Å². The normalized spacial score (nSPS) is 25.5. The van der Waals surface area contributed by atoms with Crippen LogP contribution in [0, 0.1) is 11.8 Å². The summed E-state index contributed by atoms with van der Waals surface area (Å²) in [5.74, 6) is 0.952. The quantitative estimate of drug-likeness (QED) is 0.879. The van der Waals surface area contributed by atoms with Crippen LogP contribution in [-0.4, -0.2) is 29.4 Å². The van der Waals surface area contributed by atoms with E-state index < -0.39 is 5.60 Å². The van der Waals surface area contributed by atoms with Crippen LogP contribution < -0.4 is 5.32 Å². The van der Waals surface area contributed by atoms with Gasteiger partial charge in [0.1, 0.15) is 5.60 Å². The number of amides is 1. The van der Waals surface area contributed by atoms with E-state index in [-0.39, 0.29) is 18.7 Å². The number of nitrogens with one attached hydrogen (secondary N) is 1. The van der Waals surface area contributed by atoms with Gasteiger partial charge in [0.05, 0.1) is 6.61 Å². The minimum absolute atomic E-state index is 0.0592. The smallest absolute Gasteiger partial charge is 0.407 e. The molecule has 25 heavy (non-hydrogen) atoms. The molecule has 0 heterocycles. The summed E-state index contributed by atoms with van der Waals surface area (Å²) in [7, 11) is 0. The summed E-state index contributed by atoms with van der Waals surface area (Å²) in [5.41, 5.74) is 3.43. The highest BCUT2D eigenvalue weighted by atomic mass is 16.6. The fraction of sp³-hybridized carbons (Fsp3) is 0.571. The molecule has 0 aliphatic heterocycles. The fourth-order valence-corrected chi connectivity index (χ4v) is 4.20. The number of ether oxygens (including phenoxy) is 1. The van der Waals surface area contributed by atoms with Gasteiger partial charge in [0.15, 0.2) is 0 Å². The van der Waals surface area contributed by atoms with Gasteiger partial charge in [-0.3, -0.25) is 0 Å². The van der Waals surface area contributed by atoms with E-state index in [1.807, 2.05) is 26.8 Å². The highest BCUT2D eigenvalue weighted by Gasteiger charge is 2.40. The van der Waals surface area contributed by atoms with Crippen molar-refractivity contribution in [3.05, 3.63) is 41.0 Å². The minimum atomic E-state index is -0.467. The van der Waals surface area contributed by atoms with Crippen LogP contribution in [0.25, 0.3) is 6.08 Å². The molecule has 4 heteroatoms. The molecule has 0 radical (unpaired) electrons. The predicted octanol–water partition coefficient (Wildman–Crippen LogP) is 3.71. The second-order valence-electron chi connectivity index (χ2n) is 8.29. The van der Waals surface area contributed by atoms with Crippen molar-refractivity contribution in [3.8, 4) is 0 Å². The zero-order chi connectivity index (χ0) is 18.0. The molecular formula is C21H29NO3. The van der Waals surface area contributed by atoms with Gasteiger partial charge in [0.25, 0.3) is 0 Å². The summed E-state index contributed by atoms with van der Waals surface area (Å²) in [5, 5.41) is 12.1. The molecule has 0 aromatic heterocycles. The Labute approximate surface area is 150 Å². The first-order valence-corrected chi connectivity index (χ1v) is 9.24. The monoisotopic (exact) mass is 343 g/mol. The summed E-state index contributed by atoms with van der Waals surface area (Å²) >= 11 is 0. The van der Waals surface area contributed by atoms with Crippen LogP contribution >= 0.6 is 0 Å². The maximum atomic E-state index is 12.2. The van der Waals surface area contributed by atoms with Gasteiger partial charge < -0.3 is 15.2 Å². The van der Waals surface area contributed by atoms with Gasteiger partial charge in [-0.25, -0.2) is 4.79 Å². The number of carbonyl (C=O) groups is 1. The topological polar surface area (TPSA) is 58.6 Å². The molecule has 1 saturated carbocycles. The molecule has 136 valence electrons. The third kappa shape index (κ3) is 4.43.